The molecule has 2 heterocycles. The van der Waals surface area contributed by atoms with Crippen LogP contribution in [-0.2, 0) is 0 Å². The first-order chi connectivity index (χ1) is 20.9. The zero-order valence-electron chi connectivity index (χ0n) is 22.6. The second-order valence-electron chi connectivity index (χ2n) is 10.4. The van der Waals surface area contributed by atoms with E-state index in [-0.39, 0.29) is 39.3 Å². The van der Waals surface area contributed by atoms with Crippen molar-refractivity contribution < 1.29 is 24.0 Å². The van der Waals surface area contributed by atoms with Crippen molar-refractivity contribution in [1.82, 2.24) is 5.32 Å². The van der Waals surface area contributed by atoms with E-state index in [1.165, 1.54) is 36.4 Å². The monoisotopic (exact) mass is 562 g/mol. The molecule has 1 N–H and O–H groups in total. The van der Waals surface area contributed by atoms with Gasteiger partial charge in [-0.25, -0.2) is 4.90 Å². The lowest BCUT2D eigenvalue weighted by molar-refractivity contribution is 0.0874. The summed E-state index contributed by atoms with van der Waals surface area (Å²) in [5, 5.41) is 2.20. The van der Waals surface area contributed by atoms with Crippen molar-refractivity contribution in [1.29, 1.82) is 0 Å². The number of hydrogen-bond acceptors (Lipinski definition) is 5. The maximum atomic E-state index is 13.5. The lowest BCUT2D eigenvalue weighted by Crippen LogP contribution is -2.29. The quantitative estimate of drug-likeness (QED) is 0.161. The number of anilines is 1. The molecule has 0 atom stereocenters. The van der Waals surface area contributed by atoms with Crippen LogP contribution in [0, 0.1) is 0 Å². The number of carbonyl (C=O) groups excluding carboxylic acids is 5. The third kappa shape index (κ3) is 4.35. The molecule has 0 aromatic heterocycles. The Hall–Kier alpha value is -5.95. The van der Waals surface area contributed by atoms with Crippen molar-refractivity contribution in [3.8, 4) is 0 Å². The number of benzene rings is 5. The molecule has 7 nitrogen and oxygen atoms in total. The highest BCUT2D eigenvalue weighted by molar-refractivity contribution is 6.35. The minimum absolute atomic E-state index is 0.0318. The van der Waals surface area contributed by atoms with Crippen molar-refractivity contribution in [3.05, 3.63) is 171 Å². The van der Waals surface area contributed by atoms with Gasteiger partial charge in [-0.2, -0.15) is 0 Å². The van der Waals surface area contributed by atoms with Crippen LogP contribution in [0.2, 0.25) is 0 Å². The molecule has 4 amide bonds. The average Bonchev–Trinajstić information content (AvgIpc) is 3.48. The molecule has 206 valence electrons. The Labute approximate surface area is 246 Å². The SMILES string of the molecule is O=C(c1ccc2c(c1)C(=O)NC2=O)c1ccc2c(c1)C(=O)N(c1ccc(C(c3ccccc3)c3ccccc3)cc1)C2=O. The average molecular weight is 563 g/mol. The van der Waals surface area contributed by atoms with E-state index in [9.17, 15) is 24.0 Å². The van der Waals surface area contributed by atoms with E-state index >= 15 is 0 Å². The van der Waals surface area contributed by atoms with Gasteiger partial charge >= 0.3 is 0 Å². The Bertz CT molecular complexity index is 1940. The lowest BCUT2D eigenvalue weighted by Gasteiger charge is -2.20. The molecule has 0 unspecified atom stereocenters. The van der Waals surface area contributed by atoms with E-state index in [1.54, 1.807) is 12.1 Å². The first kappa shape index (κ1) is 26.0. The molecule has 5 aromatic rings. The van der Waals surface area contributed by atoms with E-state index in [2.05, 4.69) is 29.6 Å². The summed E-state index contributed by atoms with van der Waals surface area (Å²) in [6, 6.07) is 36.2. The molecule has 7 rings (SSSR count). The van der Waals surface area contributed by atoms with E-state index in [1.807, 2.05) is 48.5 Å². The van der Waals surface area contributed by atoms with Gasteiger partial charge < -0.3 is 0 Å². The van der Waals surface area contributed by atoms with Crippen LogP contribution in [-0.4, -0.2) is 29.4 Å². The molecular formula is C36H22N2O5. The van der Waals surface area contributed by atoms with Gasteiger partial charge in [0.1, 0.15) is 0 Å². The summed E-state index contributed by atoms with van der Waals surface area (Å²) in [7, 11) is 0. The molecule has 2 aliphatic rings. The summed E-state index contributed by atoms with van der Waals surface area (Å²) >= 11 is 0. The lowest BCUT2D eigenvalue weighted by atomic mass is 9.85. The van der Waals surface area contributed by atoms with Crippen LogP contribution >= 0.6 is 0 Å². The first-order valence-electron chi connectivity index (χ1n) is 13.7. The summed E-state index contributed by atoms with van der Waals surface area (Å²) in [4.78, 5) is 65.2. The second-order valence-corrected chi connectivity index (χ2v) is 10.4. The Morgan fingerprint density at radius 3 is 1.60 bits per heavy atom. The molecular weight excluding hydrogens is 540 g/mol. The second kappa shape index (κ2) is 10.2. The van der Waals surface area contributed by atoms with Gasteiger partial charge in [-0.1, -0.05) is 84.9 Å². The van der Waals surface area contributed by atoms with Crippen LogP contribution in [0.1, 0.15) is 80.0 Å². The molecule has 0 radical (unpaired) electrons. The van der Waals surface area contributed by atoms with E-state index < -0.39 is 29.4 Å². The van der Waals surface area contributed by atoms with Gasteiger partial charge in [0, 0.05) is 17.0 Å². The normalized spacial score (nSPS) is 13.7. The standard InChI is InChI=1S/C36H22N2O5/c39-32(24-13-17-27-29(19-24)34(41)37-33(27)40)25-14-18-28-30(20-25)36(43)38(35(28)42)26-15-11-23(12-16-26)31(21-7-3-1-4-8-21)22-9-5-2-6-10-22/h1-20,31H,(H,37,40,41). The first-order valence-corrected chi connectivity index (χ1v) is 13.7. The predicted octanol–water partition coefficient (Wildman–Crippen LogP) is 5.78. The molecule has 0 fully saturated rings. The van der Waals surface area contributed by atoms with E-state index in [0.29, 0.717) is 5.69 Å². The maximum Gasteiger partial charge on any atom is 0.266 e. The Balaban J connectivity index is 1.18. The summed E-state index contributed by atoms with van der Waals surface area (Å²) in [6.45, 7) is 0. The van der Waals surface area contributed by atoms with Gasteiger partial charge in [-0.05, 0) is 53.1 Å². The fourth-order valence-electron chi connectivity index (χ4n) is 5.78. The molecule has 2 aliphatic heterocycles. The number of imide groups is 2. The molecule has 0 saturated heterocycles. The number of ketones is 1. The zero-order valence-corrected chi connectivity index (χ0v) is 22.6. The summed E-state index contributed by atoms with van der Waals surface area (Å²) < 4.78 is 0. The van der Waals surface area contributed by atoms with Gasteiger partial charge in [-0.15, -0.1) is 0 Å². The largest absolute Gasteiger partial charge is 0.289 e. The number of nitrogens with one attached hydrogen (secondary N) is 1. The molecule has 5 aromatic carbocycles. The van der Waals surface area contributed by atoms with Gasteiger partial charge in [-0.3, -0.25) is 29.3 Å². The fraction of sp³-hybridized carbons (Fsp3) is 0.0278. The number of nitrogens with zero attached hydrogens (tertiary/aromatic N) is 1. The van der Waals surface area contributed by atoms with Gasteiger partial charge in [0.05, 0.1) is 27.9 Å². The number of hydrogen-bond donors (Lipinski definition) is 1. The Morgan fingerprint density at radius 1 is 0.512 bits per heavy atom. The van der Waals surface area contributed by atoms with Crippen molar-refractivity contribution in [3.63, 3.8) is 0 Å². The zero-order chi connectivity index (χ0) is 29.7. The predicted molar refractivity (Wildman–Crippen MR) is 160 cm³/mol. The summed E-state index contributed by atoms with van der Waals surface area (Å²) in [5.74, 6) is -2.54. The molecule has 7 heteroatoms. The van der Waals surface area contributed by atoms with Crippen molar-refractivity contribution in [2.24, 2.45) is 0 Å². The number of fused-ring (bicyclic) bond motifs is 2. The van der Waals surface area contributed by atoms with Crippen LogP contribution in [0.4, 0.5) is 5.69 Å². The third-order valence-corrected chi connectivity index (χ3v) is 7.90. The summed E-state index contributed by atoms with van der Waals surface area (Å²) in [6.07, 6.45) is 0. The van der Waals surface area contributed by atoms with Crippen LogP contribution in [0.15, 0.2) is 121 Å². The number of rotatable bonds is 6. The molecule has 0 aliphatic carbocycles. The Kier molecular flexibility index (Phi) is 6.13. The van der Waals surface area contributed by atoms with Crippen molar-refractivity contribution in [2.45, 2.75) is 5.92 Å². The van der Waals surface area contributed by atoms with Gasteiger partial charge in [0.25, 0.3) is 23.6 Å². The van der Waals surface area contributed by atoms with Crippen LogP contribution in [0.5, 0.6) is 0 Å². The molecule has 43 heavy (non-hydrogen) atoms. The highest BCUT2D eigenvalue weighted by atomic mass is 16.2. The summed E-state index contributed by atoms with van der Waals surface area (Å²) in [5.41, 5.74) is 4.72. The van der Waals surface area contributed by atoms with Crippen LogP contribution in [0.25, 0.3) is 0 Å². The minimum atomic E-state index is -0.565. The van der Waals surface area contributed by atoms with E-state index in [4.69, 9.17) is 0 Å². The molecule has 0 saturated carbocycles. The van der Waals surface area contributed by atoms with Crippen LogP contribution in [0.3, 0.4) is 0 Å². The van der Waals surface area contributed by atoms with Crippen LogP contribution < -0.4 is 10.2 Å². The smallest absolute Gasteiger partial charge is 0.266 e. The van der Waals surface area contributed by atoms with Gasteiger partial charge in [0.15, 0.2) is 5.78 Å². The molecule has 0 spiro atoms. The Morgan fingerprint density at radius 2 is 1.00 bits per heavy atom. The third-order valence-electron chi connectivity index (χ3n) is 7.90. The van der Waals surface area contributed by atoms with E-state index in [0.717, 1.165) is 21.6 Å². The number of amides is 4. The minimum Gasteiger partial charge on any atom is -0.289 e. The maximum absolute atomic E-state index is 13.5. The topological polar surface area (TPSA) is 101 Å². The van der Waals surface area contributed by atoms with Crippen molar-refractivity contribution >= 4 is 35.1 Å². The highest BCUT2D eigenvalue weighted by Gasteiger charge is 2.37. The number of carbonyl (C=O) groups is 5. The highest BCUT2D eigenvalue weighted by Crippen LogP contribution is 2.35. The fourth-order valence-corrected chi connectivity index (χ4v) is 5.78. The van der Waals surface area contributed by atoms with Crippen molar-refractivity contribution in [2.75, 3.05) is 4.90 Å². The molecule has 0 bridgehead atoms. The van der Waals surface area contributed by atoms with Gasteiger partial charge in [0.2, 0.25) is 0 Å².